The monoisotopic (exact) mass is 402 g/mol. The lowest BCUT2D eigenvalue weighted by molar-refractivity contribution is -0.131. The Morgan fingerprint density at radius 2 is 2.21 bits per heavy atom. The van der Waals surface area contributed by atoms with E-state index in [2.05, 4.69) is 15.4 Å². The second-order valence-corrected chi connectivity index (χ2v) is 8.22. The summed E-state index contributed by atoms with van der Waals surface area (Å²) in [6.07, 6.45) is 4.38. The smallest absolute Gasteiger partial charge is 0.235 e. The van der Waals surface area contributed by atoms with Crippen LogP contribution in [0.4, 0.5) is 5.82 Å². The summed E-state index contributed by atoms with van der Waals surface area (Å²) in [5, 5.41) is 6.99. The second-order valence-electron chi connectivity index (χ2n) is 8.22. The molecule has 0 saturated carbocycles. The minimum absolute atomic E-state index is 0.111. The number of nitrogens with zero attached hydrogens (tertiary/aromatic N) is 3. The zero-order valence-corrected chi connectivity index (χ0v) is 16.5. The van der Waals surface area contributed by atoms with Gasteiger partial charge in [-0.3, -0.25) is 19.4 Å². The SMILES string of the molecule is Cc1cc(N2CC34C=CC(O3)C(C(=O)NCCCN3CCOCC3)C4C2=O)no1. The molecule has 29 heavy (non-hydrogen) atoms. The second kappa shape index (κ2) is 7.23. The Morgan fingerprint density at radius 3 is 2.97 bits per heavy atom. The summed E-state index contributed by atoms with van der Waals surface area (Å²) in [7, 11) is 0. The molecule has 1 spiro atoms. The van der Waals surface area contributed by atoms with Crippen molar-refractivity contribution in [1.29, 1.82) is 0 Å². The maximum Gasteiger partial charge on any atom is 0.235 e. The van der Waals surface area contributed by atoms with E-state index in [4.69, 9.17) is 14.0 Å². The fourth-order valence-corrected chi connectivity index (χ4v) is 4.93. The Hall–Kier alpha value is -2.23. The van der Waals surface area contributed by atoms with Gasteiger partial charge in [0.1, 0.15) is 11.4 Å². The molecule has 3 saturated heterocycles. The van der Waals surface area contributed by atoms with E-state index < -0.39 is 17.4 Å². The van der Waals surface area contributed by atoms with Crippen LogP contribution in [0.3, 0.4) is 0 Å². The number of rotatable bonds is 6. The minimum atomic E-state index is -0.746. The zero-order valence-electron chi connectivity index (χ0n) is 16.5. The minimum Gasteiger partial charge on any atom is -0.379 e. The number of amides is 2. The van der Waals surface area contributed by atoms with E-state index >= 15 is 0 Å². The molecule has 4 aliphatic rings. The molecule has 5 rings (SSSR count). The van der Waals surface area contributed by atoms with Crippen LogP contribution in [0.2, 0.25) is 0 Å². The largest absolute Gasteiger partial charge is 0.379 e. The summed E-state index contributed by atoms with van der Waals surface area (Å²) in [6, 6.07) is 1.73. The van der Waals surface area contributed by atoms with Crippen LogP contribution in [-0.4, -0.2) is 79.5 Å². The highest BCUT2D eigenvalue weighted by atomic mass is 16.5. The van der Waals surface area contributed by atoms with Gasteiger partial charge in [-0.1, -0.05) is 17.3 Å². The van der Waals surface area contributed by atoms with Crippen LogP contribution < -0.4 is 10.2 Å². The zero-order chi connectivity index (χ0) is 20.0. The van der Waals surface area contributed by atoms with Gasteiger partial charge in [0, 0.05) is 25.7 Å². The van der Waals surface area contributed by atoms with Crippen molar-refractivity contribution in [2.75, 3.05) is 50.8 Å². The number of morpholine rings is 1. The van der Waals surface area contributed by atoms with Gasteiger partial charge in [0.25, 0.3) is 0 Å². The van der Waals surface area contributed by atoms with E-state index in [0.29, 0.717) is 24.7 Å². The van der Waals surface area contributed by atoms with Crippen molar-refractivity contribution in [3.8, 4) is 0 Å². The van der Waals surface area contributed by atoms with Gasteiger partial charge >= 0.3 is 0 Å². The summed E-state index contributed by atoms with van der Waals surface area (Å²) in [5.41, 5.74) is -0.746. The van der Waals surface area contributed by atoms with Crippen molar-refractivity contribution in [2.45, 2.75) is 25.0 Å². The summed E-state index contributed by atoms with van der Waals surface area (Å²) >= 11 is 0. The standard InChI is InChI=1S/C20H26N4O5/c1-13-11-15(22-29-13)24-12-20-4-3-14(28-20)16(17(20)19(24)26)18(25)21-5-2-6-23-7-9-27-10-8-23/h3-4,11,14,16-17H,2,5-10,12H2,1H3,(H,21,25). The number of hydrogen-bond acceptors (Lipinski definition) is 7. The number of aromatic nitrogens is 1. The average molecular weight is 402 g/mol. The predicted molar refractivity (Wildman–Crippen MR) is 102 cm³/mol. The topological polar surface area (TPSA) is 97.1 Å². The lowest BCUT2D eigenvalue weighted by Crippen LogP contribution is -2.45. The van der Waals surface area contributed by atoms with E-state index in [1.807, 2.05) is 12.2 Å². The van der Waals surface area contributed by atoms with Crippen LogP contribution in [0, 0.1) is 18.8 Å². The third-order valence-corrected chi connectivity index (χ3v) is 6.35. The van der Waals surface area contributed by atoms with Crippen molar-refractivity contribution in [3.63, 3.8) is 0 Å². The molecule has 1 aromatic rings. The highest BCUT2D eigenvalue weighted by Crippen LogP contribution is 2.52. The molecule has 1 N–H and O–H groups in total. The number of anilines is 1. The third kappa shape index (κ3) is 3.17. The summed E-state index contributed by atoms with van der Waals surface area (Å²) in [6.45, 7) is 7.08. The molecule has 4 atom stereocenters. The summed E-state index contributed by atoms with van der Waals surface area (Å²) in [5.74, 6) is -0.153. The Bertz CT molecular complexity index is 833. The van der Waals surface area contributed by atoms with E-state index in [0.717, 1.165) is 39.3 Å². The molecule has 1 aromatic heterocycles. The van der Waals surface area contributed by atoms with Gasteiger partial charge in [-0.15, -0.1) is 0 Å². The van der Waals surface area contributed by atoms with Crippen molar-refractivity contribution in [1.82, 2.24) is 15.4 Å². The highest BCUT2D eigenvalue weighted by Gasteiger charge is 2.67. The van der Waals surface area contributed by atoms with Crippen molar-refractivity contribution >= 4 is 17.6 Å². The Kier molecular flexibility index (Phi) is 4.68. The number of fused-ring (bicyclic) bond motifs is 1. The fraction of sp³-hybridized carbons (Fsp3) is 0.650. The maximum atomic E-state index is 13.2. The lowest BCUT2D eigenvalue weighted by atomic mass is 9.77. The van der Waals surface area contributed by atoms with Gasteiger partial charge in [0.2, 0.25) is 11.8 Å². The molecular weight excluding hydrogens is 376 g/mol. The number of aryl methyl sites for hydroxylation is 1. The van der Waals surface area contributed by atoms with Crippen molar-refractivity contribution in [3.05, 3.63) is 24.0 Å². The Balaban J connectivity index is 1.22. The van der Waals surface area contributed by atoms with Crippen LogP contribution in [-0.2, 0) is 19.1 Å². The summed E-state index contributed by atoms with van der Waals surface area (Å²) in [4.78, 5) is 30.0. The number of nitrogens with one attached hydrogen (secondary N) is 1. The van der Waals surface area contributed by atoms with E-state index in [9.17, 15) is 9.59 Å². The molecule has 2 bridgehead atoms. The number of hydrogen-bond donors (Lipinski definition) is 1. The van der Waals surface area contributed by atoms with Gasteiger partial charge < -0.3 is 19.3 Å². The van der Waals surface area contributed by atoms with Crippen molar-refractivity contribution in [2.24, 2.45) is 11.8 Å². The van der Waals surface area contributed by atoms with Crippen LogP contribution in [0.1, 0.15) is 12.2 Å². The quantitative estimate of drug-likeness (QED) is 0.533. The first-order chi connectivity index (χ1) is 14.1. The van der Waals surface area contributed by atoms with Crippen LogP contribution >= 0.6 is 0 Å². The van der Waals surface area contributed by atoms with E-state index in [-0.39, 0.29) is 17.9 Å². The van der Waals surface area contributed by atoms with E-state index in [1.165, 1.54) is 0 Å². The highest BCUT2D eigenvalue weighted by molar-refractivity contribution is 6.02. The molecule has 0 aromatic carbocycles. The normalized spacial score (nSPS) is 33.5. The van der Waals surface area contributed by atoms with Crippen LogP contribution in [0.5, 0.6) is 0 Å². The number of ether oxygens (including phenoxy) is 2. The van der Waals surface area contributed by atoms with Crippen LogP contribution in [0.15, 0.2) is 22.7 Å². The van der Waals surface area contributed by atoms with Crippen LogP contribution in [0.25, 0.3) is 0 Å². The number of carbonyl (C=O) groups is 2. The molecule has 4 aliphatic heterocycles. The average Bonchev–Trinajstić information content (AvgIpc) is 3.47. The Morgan fingerprint density at radius 1 is 1.38 bits per heavy atom. The lowest BCUT2D eigenvalue weighted by Gasteiger charge is -2.27. The first-order valence-corrected chi connectivity index (χ1v) is 10.3. The molecule has 0 radical (unpaired) electrons. The van der Waals surface area contributed by atoms with Gasteiger partial charge in [-0.05, 0) is 19.9 Å². The van der Waals surface area contributed by atoms with Gasteiger partial charge in [-0.2, -0.15) is 0 Å². The van der Waals surface area contributed by atoms with Crippen molar-refractivity contribution < 1.29 is 23.6 Å². The molecule has 5 heterocycles. The van der Waals surface area contributed by atoms with Gasteiger partial charge in [0.15, 0.2) is 5.82 Å². The Labute approximate surface area is 169 Å². The predicted octanol–water partition coefficient (Wildman–Crippen LogP) is 0.108. The first-order valence-electron chi connectivity index (χ1n) is 10.3. The molecule has 3 fully saturated rings. The molecule has 4 unspecified atom stereocenters. The molecule has 9 nitrogen and oxygen atoms in total. The molecular formula is C20H26N4O5. The molecule has 2 amide bonds. The van der Waals surface area contributed by atoms with E-state index in [1.54, 1.807) is 17.9 Å². The number of carbonyl (C=O) groups excluding carboxylic acids is 2. The first kappa shape index (κ1) is 18.8. The van der Waals surface area contributed by atoms with Gasteiger partial charge in [-0.25, -0.2) is 0 Å². The summed E-state index contributed by atoms with van der Waals surface area (Å²) < 4.78 is 16.6. The fourth-order valence-electron chi connectivity index (χ4n) is 4.93. The third-order valence-electron chi connectivity index (χ3n) is 6.35. The molecule has 0 aliphatic carbocycles. The van der Waals surface area contributed by atoms with Gasteiger partial charge in [0.05, 0.1) is 37.7 Å². The molecule has 156 valence electrons. The molecule has 9 heteroatoms. The maximum absolute atomic E-state index is 13.2.